The lowest BCUT2D eigenvalue weighted by Crippen LogP contribution is -2.14. The van der Waals surface area contributed by atoms with Gasteiger partial charge in [-0.3, -0.25) is 5.32 Å². The highest BCUT2D eigenvalue weighted by atomic mass is 16.3. The number of aliphatic hydroxyl groups is 1. The summed E-state index contributed by atoms with van der Waals surface area (Å²) in [5, 5.41) is 12.3. The number of hydrogen-bond acceptors (Lipinski definition) is 4. The van der Waals surface area contributed by atoms with Crippen LogP contribution in [0.15, 0.2) is 22.6 Å². The van der Waals surface area contributed by atoms with Gasteiger partial charge in [0.2, 0.25) is 0 Å². The van der Waals surface area contributed by atoms with Crippen molar-refractivity contribution in [2.24, 2.45) is 0 Å². The third-order valence-corrected chi connectivity index (χ3v) is 2.11. The fraction of sp³-hybridized carbons (Fsp3) is 0.300. The van der Waals surface area contributed by atoms with Gasteiger partial charge in [-0.05, 0) is 24.7 Å². The van der Waals surface area contributed by atoms with Gasteiger partial charge in [-0.1, -0.05) is 6.07 Å². The first kappa shape index (κ1) is 9.18. The standard InChI is InChI=1S/C10H12N2O2/c1-6-12-8-4-3-7(10(13)11-2)5-9(8)14-6/h3-5,10-11,13H,1-2H3. The SMILES string of the molecule is CNC(O)c1ccc2nc(C)oc2c1. The first-order valence-corrected chi connectivity index (χ1v) is 4.43. The predicted octanol–water partition coefficient (Wildman–Crippen LogP) is 1.35. The molecule has 0 radical (unpaired) electrons. The number of nitrogens with zero attached hydrogens (tertiary/aromatic N) is 1. The van der Waals surface area contributed by atoms with Crippen LogP contribution in [0.5, 0.6) is 0 Å². The summed E-state index contributed by atoms with van der Waals surface area (Å²) in [6.07, 6.45) is -0.662. The minimum atomic E-state index is -0.662. The van der Waals surface area contributed by atoms with Crippen molar-refractivity contribution < 1.29 is 9.52 Å². The van der Waals surface area contributed by atoms with Gasteiger partial charge in [0, 0.05) is 6.92 Å². The van der Waals surface area contributed by atoms with Gasteiger partial charge in [-0.2, -0.15) is 0 Å². The lowest BCUT2D eigenvalue weighted by atomic mass is 10.2. The van der Waals surface area contributed by atoms with Crippen LogP contribution in [0.3, 0.4) is 0 Å². The molecule has 1 heterocycles. The highest BCUT2D eigenvalue weighted by molar-refractivity contribution is 5.73. The van der Waals surface area contributed by atoms with Crippen LogP contribution >= 0.6 is 0 Å². The van der Waals surface area contributed by atoms with Crippen LogP contribution in [-0.2, 0) is 0 Å². The summed E-state index contributed by atoms with van der Waals surface area (Å²) in [5.74, 6) is 0.635. The van der Waals surface area contributed by atoms with E-state index in [2.05, 4.69) is 10.3 Å². The van der Waals surface area contributed by atoms with Crippen molar-refractivity contribution in [1.29, 1.82) is 0 Å². The van der Waals surface area contributed by atoms with Crippen LogP contribution in [0.1, 0.15) is 17.7 Å². The van der Waals surface area contributed by atoms with Crippen LogP contribution in [0.2, 0.25) is 0 Å². The van der Waals surface area contributed by atoms with Crippen molar-refractivity contribution in [3.8, 4) is 0 Å². The fourth-order valence-electron chi connectivity index (χ4n) is 1.39. The highest BCUT2D eigenvalue weighted by Gasteiger charge is 2.07. The van der Waals surface area contributed by atoms with E-state index in [1.165, 1.54) is 0 Å². The van der Waals surface area contributed by atoms with E-state index in [9.17, 15) is 5.11 Å². The highest BCUT2D eigenvalue weighted by Crippen LogP contribution is 2.19. The van der Waals surface area contributed by atoms with E-state index < -0.39 is 6.23 Å². The maximum absolute atomic E-state index is 9.52. The van der Waals surface area contributed by atoms with E-state index >= 15 is 0 Å². The Morgan fingerprint density at radius 2 is 2.29 bits per heavy atom. The van der Waals surface area contributed by atoms with E-state index in [1.807, 2.05) is 12.1 Å². The van der Waals surface area contributed by atoms with Gasteiger partial charge in [-0.25, -0.2) is 4.98 Å². The minimum absolute atomic E-state index is 0.635. The Kier molecular flexibility index (Phi) is 2.23. The normalized spacial score (nSPS) is 13.4. The number of aryl methyl sites for hydroxylation is 1. The number of benzene rings is 1. The predicted molar refractivity (Wildman–Crippen MR) is 52.8 cm³/mol. The molecule has 0 spiro atoms. The average molecular weight is 192 g/mol. The van der Waals surface area contributed by atoms with Gasteiger partial charge < -0.3 is 9.52 Å². The number of oxazole rings is 1. The zero-order chi connectivity index (χ0) is 10.1. The van der Waals surface area contributed by atoms with Crippen molar-refractivity contribution >= 4 is 11.1 Å². The van der Waals surface area contributed by atoms with Crippen LogP contribution in [0, 0.1) is 6.92 Å². The molecule has 0 aliphatic carbocycles. The van der Waals surface area contributed by atoms with Crippen LogP contribution in [-0.4, -0.2) is 17.1 Å². The summed E-state index contributed by atoms with van der Waals surface area (Å²) in [4.78, 5) is 4.17. The molecule has 0 amide bonds. The maximum atomic E-state index is 9.52. The van der Waals surface area contributed by atoms with Crippen LogP contribution in [0.4, 0.5) is 0 Å². The molecule has 1 aromatic carbocycles. The molecule has 1 aromatic heterocycles. The molecule has 1 atom stereocenters. The zero-order valence-electron chi connectivity index (χ0n) is 8.11. The Morgan fingerprint density at radius 3 is 3.00 bits per heavy atom. The summed E-state index contributed by atoms with van der Waals surface area (Å²) in [6.45, 7) is 1.80. The molecule has 0 bridgehead atoms. The Bertz CT molecular complexity index is 450. The second kappa shape index (κ2) is 3.40. The molecule has 0 saturated heterocycles. The number of aromatic nitrogens is 1. The molecule has 0 saturated carbocycles. The van der Waals surface area contributed by atoms with E-state index in [1.54, 1.807) is 20.0 Å². The Morgan fingerprint density at radius 1 is 1.50 bits per heavy atom. The van der Waals surface area contributed by atoms with Gasteiger partial charge in [0.25, 0.3) is 0 Å². The van der Waals surface area contributed by atoms with Gasteiger partial charge in [0.15, 0.2) is 11.5 Å². The lowest BCUT2D eigenvalue weighted by Gasteiger charge is -2.07. The topological polar surface area (TPSA) is 58.3 Å². The minimum Gasteiger partial charge on any atom is -0.441 e. The number of aliphatic hydroxyl groups excluding tert-OH is 1. The van der Waals surface area contributed by atoms with Gasteiger partial charge >= 0.3 is 0 Å². The maximum Gasteiger partial charge on any atom is 0.192 e. The number of fused-ring (bicyclic) bond motifs is 1. The van der Waals surface area contributed by atoms with E-state index in [0.29, 0.717) is 11.5 Å². The summed E-state index contributed by atoms with van der Waals surface area (Å²) >= 11 is 0. The largest absolute Gasteiger partial charge is 0.441 e. The Hall–Kier alpha value is -1.39. The molecular formula is C10H12N2O2. The molecule has 2 aromatic rings. The third-order valence-electron chi connectivity index (χ3n) is 2.11. The molecule has 2 N–H and O–H groups in total. The molecule has 0 aliphatic heterocycles. The van der Waals surface area contributed by atoms with Crippen LogP contribution in [0.25, 0.3) is 11.1 Å². The molecule has 1 unspecified atom stereocenters. The second-order valence-corrected chi connectivity index (χ2v) is 3.15. The van der Waals surface area contributed by atoms with Crippen molar-refractivity contribution in [1.82, 2.24) is 10.3 Å². The smallest absolute Gasteiger partial charge is 0.192 e. The first-order chi connectivity index (χ1) is 6.70. The summed E-state index contributed by atoms with van der Waals surface area (Å²) in [5.41, 5.74) is 2.29. The van der Waals surface area contributed by atoms with Crippen LogP contribution < -0.4 is 5.32 Å². The second-order valence-electron chi connectivity index (χ2n) is 3.15. The molecule has 4 nitrogen and oxygen atoms in total. The van der Waals surface area contributed by atoms with Crippen molar-refractivity contribution in [2.75, 3.05) is 7.05 Å². The first-order valence-electron chi connectivity index (χ1n) is 4.43. The van der Waals surface area contributed by atoms with Gasteiger partial charge in [0.1, 0.15) is 11.7 Å². The summed E-state index contributed by atoms with van der Waals surface area (Å²) in [6, 6.07) is 5.45. The Labute approximate surface area is 81.6 Å². The quantitative estimate of drug-likeness (QED) is 0.705. The number of rotatable bonds is 2. The Balaban J connectivity index is 2.50. The number of nitrogens with one attached hydrogen (secondary N) is 1. The molecule has 0 aliphatic rings. The molecule has 4 heteroatoms. The number of hydrogen-bond donors (Lipinski definition) is 2. The summed E-state index contributed by atoms with van der Waals surface area (Å²) < 4.78 is 5.35. The van der Waals surface area contributed by atoms with E-state index in [4.69, 9.17) is 4.42 Å². The van der Waals surface area contributed by atoms with Gasteiger partial charge in [-0.15, -0.1) is 0 Å². The van der Waals surface area contributed by atoms with Gasteiger partial charge in [0.05, 0.1) is 0 Å². The van der Waals surface area contributed by atoms with E-state index in [0.717, 1.165) is 11.1 Å². The van der Waals surface area contributed by atoms with Crippen molar-refractivity contribution in [3.05, 3.63) is 29.7 Å². The third kappa shape index (κ3) is 1.49. The lowest BCUT2D eigenvalue weighted by molar-refractivity contribution is 0.149. The molecule has 14 heavy (non-hydrogen) atoms. The van der Waals surface area contributed by atoms with Crippen molar-refractivity contribution in [3.63, 3.8) is 0 Å². The average Bonchev–Trinajstić information content (AvgIpc) is 2.55. The summed E-state index contributed by atoms with van der Waals surface area (Å²) in [7, 11) is 1.69. The fourth-order valence-corrected chi connectivity index (χ4v) is 1.39. The zero-order valence-corrected chi connectivity index (χ0v) is 8.11. The van der Waals surface area contributed by atoms with E-state index in [-0.39, 0.29) is 0 Å². The van der Waals surface area contributed by atoms with Crippen molar-refractivity contribution in [2.45, 2.75) is 13.2 Å². The molecule has 74 valence electrons. The molecular weight excluding hydrogens is 180 g/mol. The molecule has 0 fully saturated rings. The monoisotopic (exact) mass is 192 g/mol. The molecule has 2 rings (SSSR count).